The van der Waals surface area contributed by atoms with Crippen molar-refractivity contribution in [3.05, 3.63) is 83.8 Å². The number of rotatable bonds is 14. The summed E-state index contributed by atoms with van der Waals surface area (Å²) >= 11 is 3.30. The lowest BCUT2D eigenvalue weighted by Crippen LogP contribution is -2.51. The van der Waals surface area contributed by atoms with Gasteiger partial charge in [-0.3, -0.25) is 9.80 Å². The molecule has 4 fully saturated rings. The first-order valence-electron chi connectivity index (χ1n) is 23.0. The number of aryl methyl sites for hydroxylation is 2. The Morgan fingerprint density at radius 1 is 0.571 bits per heavy atom. The molecule has 24 heteroatoms. The van der Waals surface area contributed by atoms with Gasteiger partial charge in [0.15, 0.2) is 34.6 Å². The molecule has 0 N–H and O–H groups in total. The number of hydrogen-bond acceptors (Lipinski definition) is 16. The summed E-state index contributed by atoms with van der Waals surface area (Å²) in [5.41, 5.74) is 1.94. The van der Waals surface area contributed by atoms with Gasteiger partial charge in [-0.1, -0.05) is 23.5 Å². The van der Waals surface area contributed by atoms with Crippen molar-refractivity contribution >= 4 is 34.9 Å². The fraction of sp³-hybridized carbons (Fsp3) is 0.522. The Kier molecular flexibility index (Phi) is 15.2. The highest BCUT2D eigenvalue weighted by Gasteiger charge is 2.42. The van der Waals surface area contributed by atoms with Crippen LogP contribution in [0.3, 0.4) is 0 Å². The summed E-state index contributed by atoms with van der Waals surface area (Å²) in [6.45, 7) is 11.4. The Labute approximate surface area is 409 Å². The van der Waals surface area contributed by atoms with Crippen LogP contribution in [0.2, 0.25) is 0 Å². The van der Waals surface area contributed by atoms with Gasteiger partial charge in [-0.05, 0) is 88.3 Å². The van der Waals surface area contributed by atoms with Gasteiger partial charge in [0.05, 0.1) is 60.0 Å². The summed E-state index contributed by atoms with van der Waals surface area (Å²) in [6, 6.07) is 11.2. The van der Waals surface area contributed by atoms with Gasteiger partial charge in [-0.25, -0.2) is 9.97 Å². The molecule has 0 radical (unpaired) electrons. The van der Waals surface area contributed by atoms with Gasteiger partial charge in [0.1, 0.15) is 0 Å². The molecule has 16 nitrogen and oxygen atoms in total. The molecule has 376 valence electrons. The monoisotopic (exact) mass is 1020 g/mol. The average molecular weight is 1020 g/mol. The molecule has 4 aliphatic rings. The van der Waals surface area contributed by atoms with Gasteiger partial charge in [0.25, 0.3) is 0 Å². The number of ether oxygens (including phenoxy) is 2. The minimum absolute atomic E-state index is 0.0603. The topological polar surface area (TPSA) is 145 Å². The van der Waals surface area contributed by atoms with E-state index < -0.39 is 23.5 Å². The highest BCUT2D eigenvalue weighted by molar-refractivity contribution is 7.99. The molecule has 70 heavy (non-hydrogen) atoms. The van der Waals surface area contributed by atoms with Crippen molar-refractivity contribution in [1.29, 1.82) is 0 Å². The van der Waals surface area contributed by atoms with Crippen molar-refractivity contribution < 1.29 is 44.7 Å². The van der Waals surface area contributed by atoms with Gasteiger partial charge in [-0.2, -0.15) is 26.3 Å². The summed E-state index contributed by atoms with van der Waals surface area (Å²) in [4.78, 5) is 17.4. The molecular formula is C46H54F6N12O4S2. The van der Waals surface area contributed by atoms with Crippen LogP contribution in [-0.4, -0.2) is 151 Å². The number of thioether (sulfide) groups is 2. The number of hydrogen-bond donors (Lipinski definition) is 0. The summed E-state index contributed by atoms with van der Waals surface area (Å²) in [7, 11) is 3.83. The number of halogens is 6. The third-order valence-corrected chi connectivity index (χ3v) is 15.3. The molecule has 0 amide bonds. The van der Waals surface area contributed by atoms with Gasteiger partial charge >= 0.3 is 12.4 Å². The van der Waals surface area contributed by atoms with Crippen LogP contribution in [0.15, 0.2) is 80.5 Å². The minimum atomic E-state index is -4.32. The van der Waals surface area contributed by atoms with E-state index in [1.165, 1.54) is 12.8 Å². The first-order chi connectivity index (χ1) is 33.6. The summed E-state index contributed by atoms with van der Waals surface area (Å²) in [6.07, 6.45) is -3.78. The zero-order valence-electron chi connectivity index (χ0n) is 39.1. The van der Waals surface area contributed by atoms with Gasteiger partial charge < -0.3 is 37.2 Å². The van der Waals surface area contributed by atoms with Crippen LogP contribution < -0.4 is 9.80 Å². The Hall–Kier alpha value is -5.14. The van der Waals surface area contributed by atoms with E-state index in [4.69, 9.17) is 18.3 Å². The largest absolute Gasteiger partial charge is 0.440 e. The fourth-order valence-corrected chi connectivity index (χ4v) is 11.1. The molecule has 0 spiro atoms. The van der Waals surface area contributed by atoms with Crippen molar-refractivity contribution in [1.82, 2.24) is 49.3 Å². The number of alkyl halides is 6. The SMILES string of the molecule is Cc1ncoc1-c1nnc(SCCCN2C[C@@H]3OCCN(c4ccc(C(F)(F)F)cc4)[C@@H]3C2)n1C.Cc1ncoc1-c1nnc(SCCCN2C[C@H]3OCCN(c4ccc(C(F)(F)F)cc4)[C@H]3C2)n1C. The molecule has 2 aromatic carbocycles. The van der Waals surface area contributed by atoms with Crippen LogP contribution in [0.1, 0.15) is 35.4 Å². The second-order valence-electron chi connectivity index (χ2n) is 17.6. The maximum absolute atomic E-state index is 12.9. The first kappa shape index (κ1) is 49.8. The maximum atomic E-state index is 12.9. The average Bonchev–Trinajstić information content (AvgIpc) is 4.22. The predicted octanol–water partition coefficient (Wildman–Crippen LogP) is 7.74. The van der Waals surface area contributed by atoms with Crippen LogP contribution in [0.25, 0.3) is 23.2 Å². The lowest BCUT2D eigenvalue weighted by molar-refractivity contribution is -0.138. The number of benzene rings is 2. The highest BCUT2D eigenvalue weighted by atomic mass is 32.2. The fourth-order valence-electron chi connectivity index (χ4n) is 9.43. The Balaban J connectivity index is 0.000000174. The van der Waals surface area contributed by atoms with Crippen LogP contribution in [-0.2, 0) is 35.9 Å². The zero-order valence-corrected chi connectivity index (χ0v) is 40.7. The van der Waals surface area contributed by atoms with Crippen molar-refractivity contribution in [2.75, 3.05) is 86.9 Å². The number of oxazole rings is 2. The molecule has 8 heterocycles. The molecule has 0 bridgehead atoms. The van der Waals surface area contributed by atoms with E-state index in [1.807, 2.05) is 37.1 Å². The predicted molar refractivity (Wildman–Crippen MR) is 251 cm³/mol. The standard InChI is InChI=1S/2C23H27F3N6O2S/c2*1-15-20(34-14-27-15)21-28-29-22(30(21)2)35-11-3-8-31-12-18-19(13-31)33-10-9-32(18)17-6-4-16(5-7-17)23(24,25)26/h2*4-7,14,18-19H,3,8-13H2,1-2H3/t2*18-,19+/m10/s1. The van der Waals surface area contributed by atoms with Crippen molar-refractivity contribution in [3.8, 4) is 23.2 Å². The quantitative estimate of drug-likeness (QED) is 0.0596. The van der Waals surface area contributed by atoms with E-state index in [1.54, 1.807) is 47.8 Å². The number of aromatic nitrogens is 8. The molecule has 0 aliphatic carbocycles. The Morgan fingerprint density at radius 2 is 0.971 bits per heavy atom. The molecule has 4 atom stereocenters. The number of morpholine rings is 2. The van der Waals surface area contributed by atoms with Crippen LogP contribution in [0.5, 0.6) is 0 Å². The van der Waals surface area contributed by atoms with E-state index in [0.29, 0.717) is 49.5 Å². The van der Waals surface area contributed by atoms with E-state index in [9.17, 15) is 26.3 Å². The number of anilines is 2. The number of likely N-dealkylation sites (tertiary alicyclic amines) is 2. The molecule has 6 aromatic rings. The maximum Gasteiger partial charge on any atom is 0.416 e. The first-order valence-corrected chi connectivity index (χ1v) is 25.0. The molecule has 4 aromatic heterocycles. The van der Waals surface area contributed by atoms with Crippen LogP contribution in [0.4, 0.5) is 37.7 Å². The third kappa shape index (κ3) is 11.2. The molecule has 4 aliphatic heterocycles. The van der Waals surface area contributed by atoms with E-state index in [2.05, 4.69) is 50.0 Å². The van der Waals surface area contributed by atoms with E-state index in [-0.39, 0.29) is 24.3 Å². The smallest absolute Gasteiger partial charge is 0.416 e. The van der Waals surface area contributed by atoms with Crippen molar-refractivity contribution in [2.24, 2.45) is 14.1 Å². The van der Waals surface area contributed by atoms with Crippen molar-refractivity contribution in [2.45, 2.75) is 73.6 Å². The summed E-state index contributed by atoms with van der Waals surface area (Å²) < 4.78 is 104. The van der Waals surface area contributed by atoms with E-state index in [0.717, 1.165) is 121 Å². The normalized spacial score (nSPS) is 21.0. The summed E-state index contributed by atoms with van der Waals surface area (Å²) in [5.74, 6) is 4.35. The Morgan fingerprint density at radius 3 is 1.33 bits per heavy atom. The zero-order chi connectivity index (χ0) is 49.2. The molecule has 0 unspecified atom stereocenters. The number of nitrogens with zero attached hydrogens (tertiary/aromatic N) is 12. The highest BCUT2D eigenvalue weighted by Crippen LogP contribution is 2.36. The Bertz CT molecular complexity index is 2480. The lowest BCUT2D eigenvalue weighted by Gasteiger charge is -2.38. The van der Waals surface area contributed by atoms with Gasteiger partial charge in [-0.15, -0.1) is 20.4 Å². The lowest BCUT2D eigenvalue weighted by atomic mass is 10.1. The van der Waals surface area contributed by atoms with Gasteiger partial charge in [0, 0.05) is 76.2 Å². The summed E-state index contributed by atoms with van der Waals surface area (Å²) in [5, 5.41) is 18.7. The minimum Gasteiger partial charge on any atom is -0.440 e. The van der Waals surface area contributed by atoms with Crippen molar-refractivity contribution in [3.63, 3.8) is 0 Å². The molecular weight excluding hydrogens is 963 g/mol. The molecule has 0 saturated carbocycles. The third-order valence-electron chi connectivity index (χ3n) is 13.1. The molecule has 10 rings (SSSR count). The molecule has 4 saturated heterocycles. The second kappa shape index (κ2) is 21.3. The van der Waals surface area contributed by atoms with Gasteiger partial charge in [0.2, 0.25) is 11.6 Å². The van der Waals surface area contributed by atoms with Crippen LogP contribution >= 0.6 is 23.5 Å². The number of fused-ring (bicyclic) bond motifs is 2. The van der Waals surface area contributed by atoms with E-state index >= 15 is 0 Å². The second-order valence-corrected chi connectivity index (χ2v) is 19.7. The van der Waals surface area contributed by atoms with Crippen LogP contribution in [0, 0.1) is 13.8 Å².